The molecular formula is C18H26N3O3S+. The number of piperazine rings is 1. The highest BCUT2D eigenvalue weighted by Crippen LogP contribution is 2.38. The average Bonchev–Trinajstić information content (AvgIpc) is 2.64. The van der Waals surface area contributed by atoms with Crippen LogP contribution >= 0.6 is 0 Å². The number of nitrogens with one attached hydrogen (secondary N) is 1. The number of aryl methyl sites for hydroxylation is 2. The molecule has 0 saturated carbocycles. The predicted molar refractivity (Wildman–Crippen MR) is 95.4 cm³/mol. The molecule has 25 heavy (non-hydrogen) atoms. The fourth-order valence-electron chi connectivity index (χ4n) is 4.32. The van der Waals surface area contributed by atoms with Crippen LogP contribution in [0.1, 0.15) is 30.9 Å². The largest absolute Gasteiger partial charge is 0.333 e. The van der Waals surface area contributed by atoms with E-state index in [-0.39, 0.29) is 5.91 Å². The molecule has 1 fully saturated rings. The smallest absolute Gasteiger partial charge is 0.243 e. The molecule has 1 aromatic carbocycles. The van der Waals surface area contributed by atoms with E-state index in [1.807, 2.05) is 17.0 Å². The summed E-state index contributed by atoms with van der Waals surface area (Å²) in [5.74, 6) is 0.169. The first-order chi connectivity index (χ1) is 12.0. The molecule has 6 nitrogen and oxygen atoms in total. The molecule has 0 aromatic heterocycles. The monoisotopic (exact) mass is 364 g/mol. The Hall–Kier alpha value is -1.44. The quantitative estimate of drug-likeness (QED) is 0.810. The Bertz CT molecular complexity index is 781. The van der Waals surface area contributed by atoms with Crippen LogP contribution in [0, 0.1) is 0 Å². The van der Waals surface area contributed by atoms with Gasteiger partial charge < -0.3 is 9.80 Å². The lowest BCUT2D eigenvalue weighted by molar-refractivity contribution is -0.901. The van der Waals surface area contributed by atoms with Crippen LogP contribution in [0.25, 0.3) is 0 Å². The summed E-state index contributed by atoms with van der Waals surface area (Å²) in [6.07, 6.45) is 2.88. The molecule has 0 radical (unpaired) electrons. The Labute approximate surface area is 149 Å². The number of carbonyl (C=O) groups excluding carboxylic acids is 1. The maximum atomic E-state index is 13.1. The van der Waals surface area contributed by atoms with Crippen LogP contribution in [0.15, 0.2) is 17.0 Å². The second-order valence-electron chi connectivity index (χ2n) is 7.25. The zero-order valence-corrected chi connectivity index (χ0v) is 15.6. The summed E-state index contributed by atoms with van der Waals surface area (Å²) in [4.78, 5) is 15.9. The van der Waals surface area contributed by atoms with Crippen molar-refractivity contribution in [3.05, 3.63) is 23.3 Å². The molecule has 7 heteroatoms. The number of benzene rings is 1. The van der Waals surface area contributed by atoms with Gasteiger partial charge in [0.2, 0.25) is 15.9 Å². The standard InChI is InChI=1S/C18H25N3O3S/c1-2-19-8-10-20(11-9-19)25(23,24)16-12-14-4-3-7-21-17(22)6-5-15(13-16)18(14)21/h12-13H,2-11H2,1H3/p+1. The third-order valence-corrected chi connectivity index (χ3v) is 7.69. The molecule has 1 aromatic rings. The molecule has 3 aliphatic heterocycles. The molecule has 1 amide bonds. The molecule has 0 bridgehead atoms. The van der Waals surface area contributed by atoms with Gasteiger partial charge in [0.1, 0.15) is 0 Å². The Balaban J connectivity index is 1.69. The average molecular weight is 364 g/mol. The van der Waals surface area contributed by atoms with E-state index in [9.17, 15) is 13.2 Å². The maximum Gasteiger partial charge on any atom is 0.243 e. The molecule has 4 rings (SSSR count). The number of rotatable bonds is 3. The molecule has 0 atom stereocenters. The summed E-state index contributed by atoms with van der Waals surface area (Å²) in [5.41, 5.74) is 3.03. The lowest BCUT2D eigenvalue weighted by Crippen LogP contribution is -3.14. The normalized spacial score (nSPS) is 22.1. The van der Waals surface area contributed by atoms with Crippen molar-refractivity contribution in [2.75, 3.05) is 44.2 Å². The van der Waals surface area contributed by atoms with Crippen molar-refractivity contribution in [1.29, 1.82) is 0 Å². The summed E-state index contributed by atoms with van der Waals surface area (Å²) in [6.45, 7) is 6.85. The van der Waals surface area contributed by atoms with E-state index in [1.54, 1.807) is 4.31 Å². The minimum Gasteiger partial charge on any atom is -0.333 e. The number of carbonyl (C=O) groups is 1. The summed E-state index contributed by atoms with van der Waals surface area (Å²) >= 11 is 0. The number of amides is 1. The van der Waals surface area contributed by atoms with Crippen molar-refractivity contribution in [2.24, 2.45) is 0 Å². The van der Waals surface area contributed by atoms with E-state index in [0.29, 0.717) is 30.8 Å². The zero-order valence-electron chi connectivity index (χ0n) is 14.8. The molecule has 0 spiro atoms. The number of sulfonamides is 1. The highest BCUT2D eigenvalue weighted by Gasteiger charge is 2.34. The lowest BCUT2D eigenvalue weighted by atomic mass is 9.92. The number of anilines is 1. The van der Waals surface area contributed by atoms with Crippen LogP contribution in [0.3, 0.4) is 0 Å². The number of likely N-dealkylation sites (N-methyl/N-ethyl adjacent to an activating group) is 1. The van der Waals surface area contributed by atoms with Gasteiger partial charge in [0.05, 0.1) is 43.3 Å². The lowest BCUT2D eigenvalue weighted by Gasteiger charge is -2.36. The fourth-order valence-corrected chi connectivity index (χ4v) is 5.86. The van der Waals surface area contributed by atoms with Gasteiger partial charge in [-0.15, -0.1) is 0 Å². The van der Waals surface area contributed by atoms with E-state index in [2.05, 4.69) is 6.92 Å². The third kappa shape index (κ3) is 2.88. The van der Waals surface area contributed by atoms with Crippen molar-refractivity contribution < 1.29 is 18.1 Å². The van der Waals surface area contributed by atoms with Crippen molar-refractivity contribution in [2.45, 2.75) is 37.5 Å². The van der Waals surface area contributed by atoms with E-state index >= 15 is 0 Å². The van der Waals surface area contributed by atoms with E-state index in [1.165, 1.54) is 4.90 Å². The van der Waals surface area contributed by atoms with Gasteiger partial charge in [-0.05, 0) is 49.4 Å². The van der Waals surface area contributed by atoms with Crippen molar-refractivity contribution >= 4 is 21.6 Å². The number of quaternary nitrogens is 1. The molecule has 1 saturated heterocycles. The summed E-state index contributed by atoms with van der Waals surface area (Å²) in [6, 6.07) is 3.63. The molecule has 1 N–H and O–H groups in total. The minimum absolute atomic E-state index is 0.169. The first kappa shape index (κ1) is 17.0. The van der Waals surface area contributed by atoms with Gasteiger partial charge in [-0.3, -0.25) is 4.79 Å². The van der Waals surface area contributed by atoms with E-state index in [0.717, 1.165) is 55.8 Å². The second-order valence-corrected chi connectivity index (χ2v) is 9.18. The topological polar surface area (TPSA) is 62.1 Å². The van der Waals surface area contributed by atoms with Crippen LogP contribution in [-0.4, -0.2) is 57.9 Å². The van der Waals surface area contributed by atoms with Crippen molar-refractivity contribution in [1.82, 2.24) is 4.31 Å². The Morgan fingerprint density at radius 3 is 2.40 bits per heavy atom. The highest BCUT2D eigenvalue weighted by atomic mass is 32.2. The van der Waals surface area contributed by atoms with Gasteiger partial charge in [0, 0.05) is 13.0 Å². The first-order valence-electron chi connectivity index (χ1n) is 9.30. The summed E-state index contributed by atoms with van der Waals surface area (Å²) < 4.78 is 27.9. The molecule has 0 aliphatic carbocycles. The van der Waals surface area contributed by atoms with Gasteiger partial charge in [0.25, 0.3) is 0 Å². The van der Waals surface area contributed by atoms with Gasteiger partial charge >= 0.3 is 0 Å². The molecule has 136 valence electrons. The summed E-state index contributed by atoms with van der Waals surface area (Å²) in [5, 5.41) is 0. The number of hydrogen-bond donors (Lipinski definition) is 1. The van der Waals surface area contributed by atoms with Crippen LogP contribution in [0.5, 0.6) is 0 Å². The minimum atomic E-state index is -3.45. The van der Waals surface area contributed by atoms with Crippen LogP contribution in [-0.2, 0) is 27.7 Å². The molecule has 3 aliphatic rings. The third-order valence-electron chi connectivity index (χ3n) is 5.82. The predicted octanol–water partition coefficient (Wildman–Crippen LogP) is -0.179. The molecule has 3 heterocycles. The Morgan fingerprint density at radius 1 is 1.04 bits per heavy atom. The Kier molecular flexibility index (Phi) is 4.33. The van der Waals surface area contributed by atoms with Crippen molar-refractivity contribution in [3.8, 4) is 0 Å². The first-order valence-corrected chi connectivity index (χ1v) is 10.7. The van der Waals surface area contributed by atoms with Crippen LogP contribution in [0.4, 0.5) is 5.69 Å². The van der Waals surface area contributed by atoms with Gasteiger partial charge in [-0.2, -0.15) is 4.31 Å². The number of hydrogen-bond acceptors (Lipinski definition) is 3. The maximum absolute atomic E-state index is 13.1. The van der Waals surface area contributed by atoms with Crippen LogP contribution in [0.2, 0.25) is 0 Å². The van der Waals surface area contributed by atoms with E-state index in [4.69, 9.17) is 0 Å². The molecular weight excluding hydrogens is 338 g/mol. The van der Waals surface area contributed by atoms with Crippen LogP contribution < -0.4 is 9.80 Å². The van der Waals surface area contributed by atoms with Gasteiger partial charge in [-0.1, -0.05) is 0 Å². The van der Waals surface area contributed by atoms with Crippen molar-refractivity contribution in [3.63, 3.8) is 0 Å². The van der Waals surface area contributed by atoms with Gasteiger partial charge in [-0.25, -0.2) is 8.42 Å². The number of nitrogens with zero attached hydrogens (tertiary/aromatic N) is 2. The highest BCUT2D eigenvalue weighted by molar-refractivity contribution is 7.89. The SMILES string of the molecule is CC[NH+]1CCN(S(=O)(=O)c2cc3c4c(c2)CCC(=O)N4CCC3)CC1. The fraction of sp³-hybridized carbons (Fsp3) is 0.611. The van der Waals surface area contributed by atoms with Gasteiger partial charge in [0.15, 0.2) is 0 Å². The zero-order chi connectivity index (χ0) is 17.6. The Morgan fingerprint density at radius 2 is 1.72 bits per heavy atom. The van der Waals surface area contributed by atoms with E-state index < -0.39 is 10.0 Å². The summed E-state index contributed by atoms with van der Waals surface area (Å²) in [7, 11) is -3.45. The second kappa shape index (κ2) is 6.37. The molecule has 0 unspecified atom stereocenters.